The Kier molecular flexibility index (Phi) is 7.88. The fourth-order valence-electron chi connectivity index (χ4n) is 5.15. The molecule has 212 valence electrons. The monoisotopic (exact) mass is 570 g/mol. The van der Waals surface area contributed by atoms with Crippen molar-refractivity contribution >= 4 is 28.2 Å². The molecule has 13 heteroatoms. The first-order chi connectivity index (χ1) is 19.3. The minimum atomic E-state index is -1.48. The molecular formula is C27H31FN6O5S. The topological polar surface area (TPSA) is 113 Å². The summed E-state index contributed by atoms with van der Waals surface area (Å²) < 4.78 is 26.1. The van der Waals surface area contributed by atoms with Crippen molar-refractivity contribution in [3.63, 3.8) is 0 Å². The van der Waals surface area contributed by atoms with Gasteiger partial charge in [-0.05, 0) is 38.0 Å². The van der Waals surface area contributed by atoms with Crippen molar-refractivity contribution in [3.8, 4) is 10.8 Å². The number of carbonyl (C=O) groups is 2. The molecule has 1 unspecified atom stereocenters. The zero-order valence-corrected chi connectivity index (χ0v) is 23.3. The summed E-state index contributed by atoms with van der Waals surface area (Å²) in [7, 11) is 3.16. The number of halogens is 1. The van der Waals surface area contributed by atoms with Crippen LogP contribution in [0.2, 0.25) is 0 Å². The van der Waals surface area contributed by atoms with Crippen LogP contribution in [0.5, 0.6) is 5.75 Å². The van der Waals surface area contributed by atoms with Crippen molar-refractivity contribution in [2.45, 2.75) is 38.3 Å². The Morgan fingerprint density at radius 3 is 2.67 bits per heavy atom. The number of likely N-dealkylation sites (N-methyl/N-ethyl adjacent to an activating group) is 1. The summed E-state index contributed by atoms with van der Waals surface area (Å²) in [4.78, 5) is 32.8. The smallest absolute Gasteiger partial charge is 0.261 e. The van der Waals surface area contributed by atoms with E-state index in [1.54, 1.807) is 29.8 Å². The van der Waals surface area contributed by atoms with Crippen molar-refractivity contribution in [3.05, 3.63) is 65.8 Å². The maximum absolute atomic E-state index is 14.4. The predicted octanol–water partition coefficient (Wildman–Crippen LogP) is 2.89. The normalized spacial score (nSPS) is 19.8. The molecule has 11 nitrogen and oxygen atoms in total. The van der Waals surface area contributed by atoms with E-state index < -0.39 is 30.2 Å². The number of carbonyl (C=O) groups excluding carboxylic acids is 2. The average molecular weight is 571 g/mol. The summed E-state index contributed by atoms with van der Waals surface area (Å²) >= 11 is 1.24. The van der Waals surface area contributed by atoms with Crippen LogP contribution in [0.3, 0.4) is 0 Å². The SMILES string of the molecule is C=CCCO[C@@H](CN1c2sc(-n3nccn3)c(C)c2C(=O)N([C@@H]2CCN(C)C2=O)C1O)c1cc(F)ccc1OC. The van der Waals surface area contributed by atoms with E-state index in [0.717, 1.165) is 0 Å². The van der Waals surface area contributed by atoms with E-state index >= 15 is 0 Å². The molecule has 0 aliphatic carbocycles. The number of ether oxygens (including phenoxy) is 2. The van der Waals surface area contributed by atoms with E-state index in [4.69, 9.17) is 9.47 Å². The molecule has 2 amide bonds. The van der Waals surface area contributed by atoms with E-state index in [2.05, 4.69) is 16.8 Å². The Hall–Kier alpha value is -3.81. The number of aliphatic hydroxyl groups excluding tert-OH is 1. The lowest BCUT2D eigenvalue weighted by Crippen LogP contribution is -2.60. The molecular weight excluding hydrogens is 539 g/mol. The first-order valence-electron chi connectivity index (χ1n) is 12.8. The number of anilines is 1. The number of benzene rings is 1. The number of thiophene rings is 1. The highest BCUT2D eigenvalue weighted by Gasteiger charge is 2.48. The minimum absolute atomic E-state index is 0.0254. The van der Waals surface area contributed by atoms with Gasteiger partial charge in [0.05, 0.1) is 38.2 Å². The van der Waals surface area contributed by atoms with Crippen molar-refractivity contribution in [2.24, 2.45) is 0 Å². The minimum Gasteiger partial charge on any atom is -0.496 e. The van der Waals surface area contributed by atoms with Gasteiger partial charge in [0.1, 0.15) is 33.7 Å². The van der Waals surface area contributed by atoms with Gasteiger partial charge in [-0.15, -0.1) is 11.4 Å². The molecule has 2 aromatic heterocycles. The number of hydrogen-bond donors (Lipinski definition) is 1. The lowest BCUT2D eigenvalue weighted by atomic mass is 10.0. The summed E-state index contributed by atoms with van der Waals surface area (Å²) in [5, 5.41) is 21.3. The van der Waals surface area contributed by atoms with Gasteiger partial charge in [0.2, 0.25) is 12.3 Å². The number of hydrogen-bond acceptors (Lipinski definition) is 9. The molecule has 4 heterocycles. The second-order valence-corrected chi connectivity index (χ2v) is 10.6. The molecule has 1 N–H and O–H groups in total. The van der Waals surface area contributed by atoms with Crippen LogP contribution in [0, 0.1) is 12.7 Å². The van der Waals surface area contributed by atoms with Gasteiger partial charge in [0.25, 0.3) is 5.91 Å². The van der Waals surface area contributed by atoms with Gasteiger partial charge in [-0.25, -0.2) is 4.39 Å². The molecule has 3 aromatic rings. The first kappa shape index (κ1) is 27.7. The molecule has 5 rings (SSSR count). The van der Waals surface area contributed by atoms with E-state index in [1.165, 1.54) is 58.7 Å². The summed E-state index contributed by atoms with van der Waals surface area (Å²) in [6.07, 6.45) is 3.46. The van der Waals surface area contributed by atoms with Crippen LogP contribution in [0.1, 0.15) is 40.4 Å². The van der Waals surface area contributed by atoms with Gasteiger partial charge >= 0.3 is 0 Å². The van der Waals surface area contributed by atoms with Gasteiger partial charge in [-0.3, -0.25) is 14.5 Å². The van der Waals surface area contributed by atoms with E-state index in [-0.39, 0.29) is 19.1 Å². The summed E-state index contributed by atoms with van der Waals surface area (Å²) in [6.45, 7) is 6.30. The van der Waals surface area contributed by atoms with Crippen molar-refractivity contribution < 1.29 is 28.6 Å². The molecule has 0 bridgehead atoms. The number of likely N-dealkylation sites (tertiary alicyclic amines) is 1. The fraction of sp³-hybridized carbons (Fsp3) is 0.407. The highest BCUT2D eigenvalue weighted by atomic mass is 32.1. The standard InChI is InChI=1S/C27H31FN6O5S/c1-5-6-13-39-21(18-14-17(28)7-8-20(18)38-4)15-32-26-22(16(2)25(40-26)34-29-10-11-30-34)24(36)33(27(32)37)19-9-12-31(3)23(19)35/h5,7-8,10-11,14,19,21,27,37H,1,6,9,12-13,15H2,2-4H3/t19-,21+,27?/m1/s1. The zero-order valence-electron chi connectivity index (χ0n) is 22.5. The van der Waals surface area contributed by atoms with Gasteiger partial charge in [-0.2, -0.15) is 10.2 Å². The Labute approximate surface area is 235 Å². The maximum Gasteiger partial charge on any atom is 0.261 e. The van der Waals surface area contributed by atoms with E-state index in [1.807, 2.05) is 0 Å². The van der Waals surface area contributed by atoms with Gasteiger partial charge in [-0.1, -0.05) is 17.4 Å². The zero-order chi connectivity index (χ0) is 28.6. The predicted molar refractivity (Wildman–Crippen MR) is 146 cm³/mol. The Morgan fingerprint density at radius 2 is 2.02 bits per heavy atom. The molecule has 0 radical (unpaired) electrons. The molecule has 3 atom stereocenters. The third-order valence-corrected chi connectivity index (χ3v) is 8.51. The van der Waals surface area contributed by atoms with Gasteiger partial charge in [0, 0.05) is 24.7 Å². The second kappa shape index (κ2) is 11.4. The van der Waals surface area contributed by atoms with Crippen molar-refractivity contribution in [1.82, 2.24) is 24.8 Å². The third-order valence-electron chi connectivity index (χ3n) is 7.22. The molecule has 0 saturated carbocycles. The van der Waals surface area contributed by atoms with Crippen LogP contribution >= 0.6 is 11.3 Å². The number of nitrogens with zero attached hydrogens (tertiary/aromatic N) is 6. The van der Waals surface area contributed by atoms with Crippen LogP contribution in [0.15, 0.2) is 43.2 Å². The van der Waals surface area contributed by atoms with Crippen LogP contribution in [-0.4, -0.2) is 88.0 Å². The average Bonchev–Trinajstić information content (AvgIpc) is 3.66. The highest BCUT2D eigenvalue weighted by molar-refractivity contribution is 7.19. The second-order valence-electron chi connectivity index (χ2n) is 9.63. The maximum atomic E-state index is 14.4. The number of amides is 2. The molecule has 1 aromatic carbocycles. The first-order valence-corrected chi connectivity index (χ1v) is 13.7. The number of aliphatic hydroxyl groups is 1. The van der Waals surface area contributed by atoms with Gasteiger partial charge < -0.3 is 24.4 Å². The summed E-state index contributed by atoms with van der Waals surface area (Å²) in [5.41, 5.74) is 1.41. The number of fused-ring (bicyclic) bond motifs is 1. The molecule has 1 fully saturated rings. The molecule has 1 saturated heterocycles. The molecule has 40 heavy (non-hydrogen) atoms. The molecule has 0 spiro atoms. The van der Waals surface area contributed by atoms with Crippen LogP contribution in [0.4, 0.5) is 9.39 Å². The fourth-order valence-corrected chi connectivity index (χ4v) is 6.40. The molecule has 2 aliphatic heterocycles. The largest absolute Gasteiger partial charge is 0.496 e. The quantitative estimate of drug-likeness (QED) is 0.293. The van der Waals surface area contributed by atoms with Crippen molar-refractivity contribution in [1.29, 1.82) is 0 Å². The Bertz CT molecular complexity index is 1410. The van der Waals surface area contributed by atoms with E-state index in [9.17, 15) is 19.1 Å². The van der Waals surface area contributed by atoms with Crippen LogP contribution in [-0.2, 0) is 9.53 Å². The lowest BCUT2D eigenvalue weighted by molar-refractivity contribution is -0.133. The Morgan fingerprint density at radius 1 is 1.27 bits per heavy atom. The molecule has 2 aliphatic rings. The summed E-state index contributed by atoms with van der Waals surface area (Å²) in [5.74, 6) is -0.750. The van der Waals surface area contributed by atoms with Gasteiger partial charge in [0.15, 0.2) is 0 Å². The lowest BCUT2D eigenvalue weighted by Gasteiger charge is -2.44. The Balaban J connectivity index is 1.62. The van der Waals surface area contributed by atoms with Crippen LogP contribution in [0.25, 0.3) is 5.00 Å². The number of aromatic nitrogens is 3. The highest BCUT2D eigenvalue weighted by Crippen LogP contribution is 2.45. The van der Waals surface area contributed by atoms with Crippen molar-refractivity contribution in [2.75, 3.05) is 38.8 Å². The number of methoxy groups -OCH3 is 1. The van der Waals surface area contributed by atoms with E-state index in [0.29, 0.717) is 51.8 Å². The number of rotatable bonds is 10. The summed E-state index contributed by atoms with van der Waals surface area (Å²) in [6, 6.07) is 3.32. The van der Waals surface area contributed by atoms with Crippen LogP contribution < -0.4 is 9.64 Å². The third kappa shape index (κ3) is 4.84.